The van der Waals surface area contributed by atoms with Crippen LogP contribution >= 0.6 is 0 Å². The van der Waals surface area contributed by atoms with Gasteiger partial charge in [-0.1, -0.05) is 65.8 Å². The SMILES string of the molecule is O=C(NCc1ccccc1)C1=NO[C@@H](c2ccccc2)C1. The van der Waals surface area contributed by atoms with Crippen LogP contribution < -0.4 is 5.32 Å². The Bertz CT molecular complexity index is 638. The summed E-state index contributed by atoms with van der Waals surface area (Å²) in [6.45, 7) is 0.495. The molecule has 0 aliphatic carbocycles. The molecule has 0 unspecified atom stereocenters. The van der Waals surface area contributed by atoms with Crippen molar-refractivity contribution in [2.24, 2.45) is 5.16 Å². The summed E-state index contributed by atoms with van der Waals surface area (Å²) in [5, 5.41) is 6.77. The summed E-state index contributed by atoms with van der Waals surface area (Å²) in [6, 6.07) is 19.6. The Hall–Kier alpha value is -2.62. The highest BCUT2D eigenvalue weighted by molar-refractivity contribution is 6.39. The predicted octanol–water partition coefficient (Wildman–Crippen LogP) is 2.82. The van der Waals surface area contributed by atoms with Gasteiger partial charge in [0.05, 0.1) is 0 Å². The number of amides is 1. The van der Waals surface area contributed by atoms with E-state index in [1.807, 2.05) is 60.7 Å². The van der Waals surface area contributed by atoms with Crippen LogP contribution in [0.25, 0.3) is 0 Å². The van der Waals surface area contributed by atoms with Crippen LogP contribution in [-0.4, -0.2) is 11.6 Å². The van der Waals surface area contributed by atoms with E-state index in [1.165, 1.54) is 0 Å². The van der Waals surface area contributed by atoms with Gasteiger partial charge in [0.1, 0.15) is 5.71 Å². The topological polar surface area (TPSA) is 50.7 Å². The molecule has 1 N–H and O–H groups in total. The van der Waals surface area contributed by atoms with Gasteiger partial charge in [0.15, 0.2) is 6.10 Å². The number of nitrogens with zero attached hydrogens (tertiary/aromatic N) is 1. The van der Waals surface area contributed by atoms with Crippen LogP contribution in [0.2, 0.25) is 0 Å². The molecular formula is C17H16N2O2. The maximum atomic E-state index is 12.1. The van der Waals surface area contributed by atoms with Crippen LogP contribution in [0.5, 0.6) is 0 Å². The standard InChI is InChI=1S/C17H16N2O2/c20-17(18-12-13-7-3-1-4-8-13)15-11-16(21-19-15)14-9-5-2-6-10-14/h1-10,16H,11-12H2,(H,18,20)/t16-/m1/s1. The number of rotatable bonds is 4. The van der Waals surface area contributed by atoms with Crippen LogP contribution in [0.3, 0.4) is 0 Å². The lowest BCUT2D eigenvalue weighted by molar-refractivity contribution is -0.115. The second kappa shape index (κ2) is 6.22. The van der Waals surface area contributed by atoms with Crippen molar-refractivity contribution in [1.82, 2.24) is 5.32 Å². The molecule has 1 aliphatic rings. The van der Waals surface area contributed by atoms with Gasteiger partial charge < -0.3 is 10.2 Å². The molecule has 2 aromatic rings. The molecule has 3 rings (SSSR count). The average Bonchev–Trinajstić information content (AvgIpc) is 3.04. The highest BCUT2D eigenvalue weighted by atomic mass is 16.6. The summed E-state index contributed by atoms with van der Waals surface area (Å²) in [6.07, 6.45) is 0.341. The molecule has 4 nitrogen and oxygen atoms in total. The van der Waals surface area contributed by atoms with E-state index in [-0.39, 0.29) is 12.0 Å². The van der Waals surface area contributed by atoms with Crippen LogP contribution in [0, 0.1) is 0 Å². The van der Waals surface area contributed by atoms with Crippen molar-refractivity contribution in [3.8, 4) is 0 Å². The maximum Gasteiger partial charge on any atom is 0.269 e. The summed E-state index contributed by atoms with van der Waals surface area (Å²) in [4.78, 5) is 17.4. The van der Waals surface area contributed by atoms with Gasteiger partial charge in [0, 0.05) is 13.0 Å². The normalized spacial score (nSPS) is 17.0. The van der Waals surface area contributed by atoms with Gasteiger partial charge in [-0.25, -0.2) is 0 Å². The van der Waals surface area contributed by atoms with E-state index in [4.69, 9.17) is 4.84 Å². The molecular weight excluding hydrogens is 264 g/mol. The summed E-state index contributed by atoms with van der Waals surface area (Å²) in [5.74, 6) is -0.169. The molecule has 106 valence electrons. The zero-order valence-electron chi connectivity index (χ0n) is 11.5. The first-order valence-electron chi connectivity index (χ1n) is 6.92. The van der Waals surface area contributed by atoms with Gasteiger partial charge in [0.2, 0.25) is 0 Å². The zero-order valence-corrected chi connectivity index (χ0v) is 11.5. The molecule has 2 aromatic carbocycles. The van der Waals surface area contributed by atoms with Crippen molar-refractivity contribution < 1.29 is 9.63 Å². The fourth-order valence-electron chi connectivity index (χ4n) is 2.24. The van der Waals surface area contributed by atoms with Crippen LogP contribution in [-0.2, 0) is 16.2 Å². The third-order valence-electron chi connectivity index (χ3n) is 3.40. The molecule has 0 spiro atoms. The van der Waals surface area contributed by atoms with Gasteiger partial charge in [-0.05, 0) is 11.1 Å². The van der Waals surface area contributed by atoms with Crippen LogP contribution in [0.15, 0.2) is 65.8 Å². The lowest BCUT2D eigenvalue weighted by Crippen LogP contribution is -2.29. The number of carbonyl (C=O) groups excluding carboxylic acids is 1. The van der Waals surface area contributed by atoms with Crippen molar-refractivity contribution in [1.29, 1.82) is 0 Å². The quantitative estimate of drug-likeness (QED) is 0.936. The Balaban J connectivity index is 1.55. The van der Waals surface area contributed by atoms with Gasteiger partial charge in [-0.2, -0.15) is 0 Å². The minimum atomic E-state index is -0.169. The molecule has 0 saturated carbocycles. The lowest BCUT2D eigenvalue weighted by atomic mass is 10.0. The third-order valence-corrected chi connectivity index (χ3v) is 3.40. The Morgan fingerprint density at radius 3 is 2.48 bits per heavy atom. The van der Waals surface area contributed by atoms with Crippen molar-refractivity contribution >= 4 is 11.6 Å². The second-order valence-corrected chi connectivity index (χ2v) is 4.92. The van der Waals surface area contributed by atoms with E-state index in [1.54, 1.807) is 0 Å². The molecule has 1 aliphatic heterocycles. The number of benzene rings is 2. The predicted molar refractivity (Wildman–Crippen MR) is 80.6 cm³/mol. The number of carbonyl (C=O) groups is 1. The van der Waals surface area contributed by atoms with Crippen LogP contribution in [0.4, 0.5) is 0 Å². The molecule has 0 saturated heterocycles. The molecule has 1 amide bonds. The van der Waals surface area contributed by atoms with Gasteiger partial charge in [-0.3, -0.25) is 4.79 Å². The monoisotopic (exact) mass is 280 g/mol. The largest absolute Gasteiger partial charge is 0.387 e. The summed E-state index contributed by atoms with van der Waals surface area (Å²) < 4.78 is 0. The second-order valence-electron chi connectivity index (χ2n) is 4.92. The van der Waals surface area contributed by atoms with E-state index in [2.05, 4.69) is 10.5 Å². The number of nitrogens with one attached hydrogen (secondary N) is 1. The highest BCUT2D eigenvalue weighted by Crippen LogP contribution is 2.26. The Morgan fingerprint density at radius 1 is 1.10 bits per heavy atom. The van der Waals surface area contributed by atoms with E-state index in [0.717, 1.165) is 11.1 Å². The molecule has 1 atom stereocenters. The summed E-state index contributed by atoms with van der Waals surface area (Å²) in [5.41, 5.74) is 2.54. The fraction of sp³-hybridized carbons (Fsp3) is 0.176. The molecule has 4 heteroatoms. The first-order valence-corrected chi connectivity index (χ1v) is 6.92. The molecule has 0 aromatic heterocycles. The first-order chi connectivity index (χ1) is 10.3. The first kappa shape index (κ1) is 13.4. The van der Waals surface area contributed by atoms with Crippen LogP contribution in [0.1, 0.15) is 23.7 Å². The summed E-state index contributed by atoms with van der Waals surface area (Å²) in [7, 11) is 0. The Labute approximate surface area is 123 Å². The smallest absolute Gasteiger partial charge is 0.269 e. The van der Waals surface area contributed by atoms with Crippen molar-refractivity contribution in [3.05, 3.63) is 71.8 Å². The van der Waals surface area contributed by atoms with E-state index >= 15 is 0 Å². The van der Waals surface area contributed by atoms with E-state index in [9.17, 15) is 4.79 Å². The number of hydrogen-bond donors (Lipinski definition) is 1. The van der Waals surface area contributed by atoms with Gasteiger partial charge >= 0.3 is 0 Å². The number of hydrogen-bond acceptors (Lipinski definition) is 3. The maximum absolute atomic E-state index is 12.1. The molecule has 1 heterocycles. The Kier molecular flexibility index (Phi) is 3.96. The fourth-order valence-corrected chi connectivity index (χ4v) is 2.24. The third kappa shape index (κ3) is 3.28. The highest BCUT2D eigenvalue weighted by Gasteiger charge is 2.26. The van der Waals surface area contributed by atoms with Crippen molar-refractivity contribution in [2.45, 2.75) is 19.1 Å². The minimum Gasteiger partial charge on any atom is -0.387 e. The van der Waals surface area contributed by atoms with Gasteiger partial charge in [-0.15, -0.1) is 0 Å². The van der Waals surface area contributed by atoms with Gasteiger partial charge in [0.25, 0.3) is 5.91 Å². The average molecular weight is 280 g/mol. The summed E-state index contributed by atoms with van der Waals surface area (Å²) >= 11 is 0. The molecule has 0 fully saturated rings. The number of oxime groups is 1. The molecule has 21 heavy (non-hydrogen) atoms. The zero-order chi connectivity index (χ0) is 14.5. The van der Waals surface area contributed by atoms with E-state index in [0.29, 0.717) is 18.7 Å². The molecule has 0 radical (unpaired) electrons. The van der Waals surface area contributed by atoms with Crippen molar-refractivity contribution in [2.75, 3.05) is 0 Å². The Morgan fingerprint density at radius 2 is 1.76 bits per heavy atom. The van der Waals surface area contributed by atoms with E-state index < -0.39 is 0 Å². The molecule has 0 bridgehead atoms. The van der Waals surface area contributed by atoms with Crippen molar-refractivity contribution in [3.63, 3.8) is 0 Å². The minimum absolute atomic E-state index is 0.163. The lowest BCUT2D eigenvalue weighted by Gasteiger charge is -2.07.